The monoisotopic (exact) mass is 233 g/mol. The molecule has 0 bridgehead atoms. The second-order valence-corrected chi connectivity index (χ2v) is 2.72. The van der Waals surface area contributed by atoms with E-state index in [2.05, 4.69) is 4.74 Å². The van der Waals surface area contributed by atoms with Gasteiger partial charge in [0.05, 0.1) is 4.92 Å². The van der Waals surface area contributed by atoms with Crippen molar-refractivity contribution >= 4 is 6.08 Å². The zero-order valence-corrected chi connectivity index (χ0v) is 7.77. The van der Waals surface area contributed by atoms with Gasteiger partial charge in [0, 0.05) is 6.08 Å². The third-order valence-electron chi connectivity index (χ3n) is 1.50. The summed E-state index contributed by atoms with van der Waals surface area (Å²) < 4.78 is 38.9. The first-order chi connectivity index (χ1) is 7.37. The van der Waals surface area contributed by atoms with E-state index in [1.54, 1.807) is 0 Å². The molecule has 0 saturated heterocycles. The van der Waals surface area contributed by atoms with Crippen LogP contribution in [-0.2, 0) is 0 Å². The molecule has 0 atom stereocenters. The van der Waals surface area contributed by atoms with E-state index in [4.69, 9.17) is 0 Å². The molecule has 0 heterocycles. The topological polar surface area (TPSA) is 52.4 Å². The molecule has 0 unspecified atom stereocenters. The molecule has 1 aromatic carbocycles. The van der Waals surface area contributed by atoms with Crippen molar-refractivity contribution in [1.29, 1.82) is 0 Å². The van der Waals surface area contributed by atoms with Crippen molar-refractivity contribution in [3.63, 3.8) is 0 Å². The van der Waals surface area contributed by atoms with E-state index < -0.39 is 11.3 Å². The highest BCUT2D eigenvalue weighted by Crippen LogP contribution is 2.22. The Bertz CT molecular complexity index is 397. The van der Waals surface area contributed by atoms with E-state index in [9.17, 15) is 23.3 Å². The van der Waals surface area contributed by atoms with Crippen LogP contribution in [0.5, 0.6) is 5.75 Å². The lowest BCUT2D eigenvalue weighted by atomic mass is 10.2. The largest absolute Gasteiger partial charge is 0.573 e. The molecule has 16 heavy (non-hydrogen) atoms. The van der Waals surface area contributed by atoms with Crippen LogP contribution in [0.25, 0.3) is 6.08 Å². The molecule has 0 amide bonds. The van der Waals surface area contributed by atoms with Crippen molar-refractivity contribution in [2.75, 3.05) is 0 Å². The molecule has 0 fully saturated rings. The zero-order chi connectivity index (χ0) is 12.2. The van der Waals surface area contributed by atoms with Crippen LogP contribution in [0.2, 0.25) is 0 Å². The molecule has 0 N–H and O–H groups in total. The molecule has 86 valence electrons. The Morgan fingerprint density at radius 3 is 2.25 bits per heavy atom. The fourth-order valence-electron chi connectivity index (χ4n) is 0.928. The second kappa shape index (κ2) is 4.65. The van der Waals surface area contributed by atoms with Gasteiger partial charge in [-0.2, -0.15) is 0 Å². The van der Waals surface area contributed by atoms with Gasteiger partial charge in [0.25, 0.3) is 0 Å². The first-order valence-electron chi connectivity index (χ1n) is 4.04. The molecule has 1 aromatic rings. The molecule has 0 saturated carbocycles. The summed E-state index contributed by atoms with van der Waals surface area (Å²) in [6, 6.07) is 4.71. The van der Waals surface area contributed by atoms with Gasteiger partial charge in [-0.1, -0.05) is 12.1 Å². The van der Waals surface area contributed by atoms with E-state index >= 15 is 0 Å². The smallest absolute Gasteiger partial charge is 0.406 e. The average molecular weight is 233 g/mol. The standard InChI is InChI=1S/C9H6F3NO3/c10-9(11,12)16-8-3-1-7(2-4-8)5-6-13(14)15/h1-6H. The van der Waals surface area contributed by atoms with Crippen LogP contribution in [0.1, 0.15) is 5.56 Å². The van der Waals surface area contributed by atoms with Crippen LogP contribution in [0, 0.1) is 10.1 Å². The van der Waals surface area contributed by atoms with E-state index in [1.807, 2.05) is 0 Å². The number of ether oxygens (including phenoxy) is 1. The van der Waals surface area contributed by atoms with Crippen LogP contribution in [0.3, 0.4) is 0 Å². The first-order valence-corrected chi connectivity index (χ1v) is 4.04. The number of nitro groups is 1. The van der Waals surface area contributed by atoms with E-state index in [0.717, 1.165) is 18.2 Å². The Balaban J connectivity index is 2.72. The quantitative estimate of drug-likeness (QED) is 0.595. The van der Waals surface area contributed by atoms with Crippen molar-refractivity contribution in [2.24, 2.45) is 0 Å². The summed E-state index contributed by atoms with van der Waals surface area (Å²) in [4.78, 5) is 9.31. The van der Waals surface area contributed by atoms with Gasteiger partial charge in [-0.15, -0.1) is 13.2 Å². The van der Waals surface area contributed by atoms with Crippen LogP contribution < -0.4 is 4.74 Å². The van der Waals surface area contributed by atoms with Gasteiger partial charge >= 0.3 is 6.36 Å². The number of hydrogen-bond donors (Lipinski definition) is 0. The van der Waals surface area contributed by atoms with Crippen molar-refractivity contribution in [1.82, 2.24) is 0 Å². The number of nitrogens with zero attached hydrogens (tertiary/aromatic N) is 1. The lowest BCUT2D eigenvalue weighted by molar-refractivity contribution is -0.400. The Morgan fingerprint density at radius 1 is 1.25 bits per heavy atom. The highest BCUT2D eigenvalue weighted by atomic mass is 19.4. The maximum atomic E-state index is 11.8. The minimum absolute atomic E-state index is 0.370. The summed E-state index contributed by atoms with van der Waals surface area (Å²) in [6.45, 7) is 0. The zero-order valence-electron chi connectivity index (χ0n) is 7.77. The van der Waals surface area contributed by atoms with Gasteiger partial charge in [0.15, 0.2) is 0 Å². The van der Waals surface area contributed by atoms with Crippen LogP contribution in [-0.4, -0.2) is 11.3 Å². The van der Waals surface area contributed by atoms with Gasteiger partial charge in [-0.25, -0.2) is 0 Å². The minimum Gasteiger partial charge on any atom is -0.406 e. The van der Waals surface area contributed by atoms with E-state index in [-0.39, 0.29) is 5.75 Å². The average Bonchev–Trinajstić information content (AvgIpc) is 2.14. The molecule has 4 nitrogen and oxygen atoms in total. The maximum absolute atomic E-state index is 11.8. The molecule has 0 aromatic heterocycles. The van der Waals surface area contributed by atoms with Crippen LogP contribution in [0.15, 0.2) is 30.5 Å². The summed E-state index contributed by atoms with van der Waals surface area (Å²) in [5, 5.41) is 9.97. The molecule has 0 radical (unpaired) electrons. The Labute approximate surface area is 88.1 Å². The number of rotatable bonds is 3. The summed E-state index contributed by atoms with van der Waals surface area (Å²) in [6.07, 6.45) is -2.88. The fraction of sp³-hybridized carbons (Fsp3) is 0.111. The van der Waals surface area contributed by atoms with Gasteiger partial charge in [0.2, 0.25) is 6.20 Å². The Hall–Kier alpha value is -2.05. The van der Waals surface area contributed by atoms with E-state index in [1.165, 1.54) is 12.1 Å². The van der Waals surface area contributed by atoms with Gasteiger partial charge in [0.1, 0.15) is 5.75 Å². The second-order valence-electron chi connectivity index (χ2n) is 2.72. The first kappa shape index (κ1) is 12.0. The lowest BCUT2D eigenvalue weighted by Crippen LogP contribution is -2.16. The molecule has 1 rings (SSSR count). The lowest BCUT2D eigenvalue weighted by Gasteiger charge is -2.08. The van der Waals surface area contributed by atoms with Crippen molar-refractivity contribution in [3.05, 3.63) is 46.1 Å². The third kappa shape index (κ3) is 4.45. The molecule has 0 aliphatic rings. The normalized spacial score (nSPS) is 11.7. The SMILES string of the molecule is O=[N+]([O-])C=Cc1ccc(OC(F)(F)F)cc1. The molecule has 0 spiro atoms. The number of benzene rings is 1. The van der Waals surface area contributed by atoms with Gasteiger partial charge in [-0.3, -0.25) is 10.1 Å². The maximum Gasteiger partial charge on any atom is 0.573 e. The fourth-order valence-corrected chi connectivity index (χ4v) is 0.928. The van der Waals surface area contributed by atoms with Crippen LogP contribution in [0.4, 0.5) is 13.2 Å². The summed E-state index contributed by atoms with van der Waals surface area (Å²) >= 11 is 0. The van der Waals surface area contributed by atoms with Crippen molar-refractivity contribution < 1.29 is 22.8 Å². The Kier molecular flexibility index (Phi) is 3.49. The van der Waals surface area contributed by atoms with Gasteiger partial charge < -0.3 is 4.74 Å². The van der Waals surface area contributed by atoms with Gasteiger partial charge in [-0.05, 0) is 17.7 Å². The van der Waals surface area contributed by atoms with Crippen molar-refractivity contribution in [2.45, 2.75) is 6.36 Å². The highest BCUT2D eigenvalue weighted by Gasteiger charge is 2.30. The third-order valence-corrected chi connectivity index (χ3v) is 1.50. The predicted molar refractivity (Wildman–Crippen MR) is 49.2 cm³/mol. The van der Waals surface area contributed by atoms with Crippen molar-refractivity contribution in [3.8, 4) is 5.75 Å². The molecular formula is C9H6F3NO3. The minimum atomic E-state index is -4.74. The highest BCUT2D eigenvalue weighted by molar-refractivity contribution is 5.49. The predicted octanol–water partition coefficient (Wildman–Crippen LogP) is 2.83. The summed E-state index contributed by atoms with van der Waals surface area (Å²) in [5.41, 5.74) is 0.409. The molecule has 0 aliphatic heterocycles. The summed E-state index contributed by atoms with van der Waals surface area (Å²) in [7, 11) is 0. The van der Waals surface area contributed by atoms with Crippen LogP contribution >= 0.6 is 0 Å². The van der Waals surface area contributed by atoms with E-state index in [0.29, 0.717) is 11.8 Å². The number of hydrogen-bond acceptors (Lipinski definition) is 3. The molecule has 0 aliphatic carbocycles. The number of halogens is 3. The molecular weight excluding hydrogens is 227 g/mol. The molecule has 7 heteroatoms. The Morgan fingerprint density at radius 2 is 1.81 bits per heavy atom. The number of alkyl halides is 3. The summed E-state index contributed by atoms with van der Waals surface area (Å²) in [5.74, 6) is -0.370.